The Hall–Kier alpha value is -0.930. The van der Waals surface area contributed by atoms with Gasteiger partial charge < -0.3 is 10.6 Å². The minimum Gasteiger partial charge on any atom is -0.389 e. The number of nitrogens with zero attached hydrogens (tertiary/aromatic N) is 1. The predicted octanol–water partition coefficient (Wildman–Crippen LogP) is 1.52. The van der Waals surface area contributed by atoms with Crippen molar-refractivity contribution in [3.63, 3.8) is 0 Å². The minimum atomic E-state index is -3.41. The number of hydrogen-bond donors (Lipinski definition) is 1. The number of sulfone groups is 1. The van der Waals surface area contributed by atoms with E-state index in [4.69, 9.17) is 5.73 Å². The van der Waals surface area contributed by atoms with Gasteiger partial charge in [0.2, 0.25) is 0 Å². The molecule has 1 atom stereocenters. The molecule has 2 rings (SSSR count). The lowest BCUT2D eigenvalue weighted by Gasteiger charge is -2.36. The van der Waals surface area contributed by atoms with Gasteiger partial charge in [-0.1, -0.05) is 12.2 Å². The molecule has 1 unspecified atom stereocenters. The van der Waals surface area contributed by atoms with Gasteiger partial charge in [0.1, 0.15) is 10.4 Å². The highest BCUT2D eigenvalue weighted by atomic mass is 32.2. The van der Waals surface area contributed by atoms with Crippen molar-refractivity contribution in [1.82, 2.24) is 0 Å². The summed E-state index contributed by atoms with van der Waals surface area (Å²) in [6.45, 7) is 0.325. The quantitative estimate of drug-likeness (QED) is 0.833. The fourth-order valence-corrected chi connectivity index (χ4v) is 5.15. The monoisotopic (exact) mass is 352 g/mol. The van der Waals surface area contributed by atoms with Gasteiger partial charge in [0.15, 0.2) is 21.5 Å². The van der Waals surface area contributed by atoms with Crippen LogP contribution in [0.5, 0.6) is 0 Å². The van der Waals surface area contributed by atoms with Crippen LogP contribution in [0.4, 0.5) is 14.5 Å². The maximum atomic E-state index is 14.2. The SMILES string of the molecule is CS(=O)(=O)C1CSCCN1c1ccc(C(N)=S)c(F)c1F. The number of thioether (sulfide) groups is 1. The van der Waals surface area contributed by atoms with Gasteiger partial charge in [0, 0.05) is 29.9 Å². The summed E-state index contributed by atoms with van der Waals surface area (Å²) < 4.78 is 51.9. The smallest absolute Gasteiger partial charge is 0.182 e. The van der Waals surface area contributed by atoms with Gasteiger partial charge in [-0.2, -0.15) is 11.8 Å². The first kappa shape index (κ1) is 16.4. The lowest BCUT2D eigenvalue weighted by atomic mass is 10.1. The molecule has 1 aromatic rings. The summed E-state index contributed by atoms with van der Waals surface area (Å²) in [5.41, 5.74) is 5.05. The van der Waals surface area contributed by atoms with Gasteiger partial charge in [-0.3, -0.25) is 0 Å². The summed E-state index contributed by atoms with van der Waals surface area (Å²) in [4.78, 5) is 1.14. The third-order valence-electron chi connectivity index (χ3n) is 3.22. The molecule has 1 heterocycles. The van der Waals surface area contributed by atoms with Crippen molar-refractivity contribution in [2.24, 2.45) is 5.73 Å². The van der Waals surface area contributed by atoms with Crippen LogP contribution in [0.1, 0.15) is 5.56 Å². The summed E-state index contributed by atoms with van der Waals surface area (Å²) in [6, 6.07) is 2.60. The predicted molar refractivity (Wildman–Crippen MR) is 85.5 cm³/mol. The summed E-state index contributed by atoms with van der Waals surface area (Å²) >= 11 is 6.12. The Bertz CT molecular complexity index is 679. The summed E-state index contributed by atoms with van der Waals surface area (Å²) in [5, 5.41) is -0.874. The first-order valence-electron chi connectivity index (χ1n) is 6.04. The van der Waals surface area contributed by atoms with Crippen molar-refractivity contribution in [1.29, 1.82) is 0 Å². The van der Waals surface area contributed by atoms with Crippen LogP contribution in [-0.4, -0.2) is 43.1 Å². The van der Waals surface area contributed by atoms with Crippen LogP contribution < -0.4 is 10.6 Å². The Balaban J connectivity index is 2.50. The first-order valence-corrected chi connectivity index (χ1v) is 9.56. The number of anilines is 1. The average molecular weight is 352 g/mol. The average Bonchev–Trinajstić information content (AvgIpc) is 2.40. The van der Waals surface area contributed by atoms with Crippen LogP contribution in [0.3, 0.4) is 0 Å². The number of nitrogens with two attached hydrogens (primary N) is 1. The largest absolute Gasteiger partial charge is 0.389 e. The number of thiocarbonyl (C=S) groups is 1. The molecular weight excluding hydrogens is 338 g/mol. The van der Waals surface area contributed by atoms with Crippen LogP contribution >= 0.6 is 24.0 Å². The van der Waals surface area contributed by atoms with Crippen molar-refractivity contribution in [3.05, 3.63) is 29.3 Å². The number of benzene rings is 1. The maximum Gasteiger partial charge on any atom is 0.182 e. The van der Waals surface area contributed by atoms with Crippen LogP contribution in [0.25, 0.3) is 0 Å². The third kappa shape index (κ3) is 3.29. The Labute approximate surface area is 131 Å². The second-order valence-electron chi connectivity index (χ2n) is 4.68. The van der Waals surface area contributed by atoms with Crippen molar-refractivity contribution >= 4 is 44.5 Å². The van der Waals surface area contributed by atoms with E-state index in [-0.39, 0.29) is 16.2 Å². The highest BCUT2D eigenvalue weighted by molar-refractivity contribution is 8.01. The van der Waals surface area contributed by atoms with E-state index >= 15 is 0 Å². The van der Waals surface area contributed by atoms with Gasteiger partial charge in [0.05, 0.1) is 5.69 Å². The molecule has 0 amide bonds. The molecule has 1 fully saturated rings. The molecule has 2 N–H and O–H groups in total. The molecule has 4 nitrogen and oxygen atoms in total. The minimum absolute atomic E-state index is 0.0803. The van der Waals surface area contributed by atoms with Crippen molar-refractivity contribution < 1.29 is 17.2 Å². The van der Waals surface area contributed by atoms with E-state index in [1.807, 2.05) is 0 Å². The van der Waals surface area contributed by atoms with E-state index in [1.165, 1.54) is 28.8 Å². The molecule has 0 bridgehead atoms. The number of rotatable bonds is 3. The van der Waals surface area contributed by atoms with E-state index in [9.17, 15) is 17.2 Å². The standard InChI is InChI=1S/C12H14F2N2O2S3/c1-21(17,18)9-6-20-5-4-16(9)8-3-2-7(12(15)19)10(13)11(8)14/h2-3,9H,4-6H2,1H3,(H2,15,19). The van der Waals surface area contributed by atoms with Crippen molar-refractivity contribution in [2.45, 2.75) is 5.37 Å². The topological polar surface area (TPSA) is 63.4 Å². The van der Waals surface area contributed by atoms with Crippen LogP contribution in [-0.2, 0) is 9.84 Å². The fraction of sp³-hybridized carbons (Fsp3) is 0.417. The highest BCUT2D eigenvalue weighted by Crippen LogP contribution is 2.31. The highest BCUT2D eigenvalue weighted by Gasteiger charge is 2.33. The van der Waals surface area contributed by atoms with E-state index in [2.05, 4.69) is 12.2 Å². The van der Waals surface area contributed by atoms with Gasteiger partial charge >= 0.3 is 0 Å². The van der Waals surface area contributed by atoms with E-state index in [0.717, 1.165) is 6.26 Å². The number of halogens is 2. The van der Waals surface area contributed by atoms with Crippen molar-refractivity contribution in [2.75, 3.05) is 29.2 Å². The molecule has 0 spiro atoms. The molecule has 1 saturated heterocycles. The molecule has 0 radical (unpaired) electrons. The molecule has 9 heteroatoms. The van der Waals surface area contributed by atoms with Gasteiger partial charge in [0.25, 0.3) is 0 Å². The third-order valence-corrected chi connectivity index (χ3v) is 6.08. The second-order valence-corrected chi connectivity index (χ2v) is 8.47. The van der Waals surface area contributed by atoms with Crippen molar-refractivity contribution in [3.8, 4) is 0 Å². The second kappa shape index (κ2) is 6.05. The molecule has 1 aliphatic rings. The zero-order valence-electron chi connectivity index (χ0n) is 11.2. The Morgan fingerprint density at radius 2 is 2.10 bits per heavy atom. The Morgan fingerprint density at radius 1 is 1.43 bits per heavy atom. The summed E-state index contributed by atoms with van der Waals surface area (Å²) in [5.74, 6) is -1.31. The number of hydrogen-bond acceptors (Lipinski definition) is 5. The van der Waals surface area contributed by atoms with Gasteiger partial charge in [-0.15, -0.1) is 0 Å². The van der Waals surface area contributed by atoms with Gasteiger partial charge in [-0.05, 0) is 12.1 Å². The van der Waals surface area contributed by atoms with E-state index in [0.29, 0.717) is 18.1 Å². The normalized spacial score (nSPS) is 19.6. The summed E-state index contributed by atoms with van der Waals surface area (Å²) in [6.07, 6.45) is 1.09. The molecule has 1 aromatic carbocycles. The first-order chi connectivity index (χ1) is 9.73. The van der Waals surface area contributed by atoms with E-state index < -0.39 is 26.8 Å². The molecule has 116 valence electrons. The molecule has 1 aliphatic heterocycles. The molecule has 0 aliphatic carbocycles. The molecule has 21 heavy (non-hydrogen) atoms. The maximum absolute atomic E-state index is 14.2. The van der Waals surface area contributed by atoms with Crippen LogP contribution in [0.2, 0.25) is 0 Å². The van der Waals surface area contributed by atoms with Crippen LogP contribution in [0.15, 0.2) is 12.1 Å². The zero-order chi connectivity index (χ0) is 15.8. The summed E-state index contributed by atoms with van der Waals surface area (Å²) in [7, 11) is -3.41. The Morgan fingerprint density at radius 3 is 2.67 bits per heavy atom. The Kier molecular flexibility index (Phi) is 4.74. The lowest BCUT2D eigenvalue weighted by molar-refractivity contribution is 0.503. The van der Waals surface area contributed by atoms with Gasteiger partial charge in [-0.25, -0.2) is 17.2 Å². The zero-order valence-corrected chi connectivity index (χ0v) is 13.6. The molecular formula is C12H14F2N2O2S3. The molecule has 0 aromatic heterocycles. The molecule has 0 saturated carbocycles. The fourth-order valence-electron chi connectivity index (χ4n) is 2.16. The lowest BCUT2D eigenvalue weighted by Crippen LogP contribution is -2.47. The van der Waals surface area contributed by atoms with Crippen LogP contribution in [0, 0.1) is 11.6 Å². The van der Waals surface area contributed by atoms with E-state index in [1.54, 1.807) is 0 Å².